The van der Waals surface area contributed by atoms with Crippen molar-refractivity contribution in [3.63, 3.8) is 0 Å². The maximum Gasteiger partial charge on any atom is 0.185 e. The monoisotopic (exact) mass is 240 g/mol. The SMILES string of the molecule is C=CC(=O)/C(=C\c1ccn(C)c1)c1ccn(C)c1. The fourth-order valence-electron chi connectivity index (χ4n) is 1.85. The molecule has 92 valence electrons. The lowest BCUT2D eigenvalue weighted by atomic mass is 10.0. The first kappa shape index (κ1) is 12.2. The van der Waals surface area contributed by atoms with Crippen molar-refractivity contribution in [1.82, 2.24) is 9.13 Å². The smallest absolute Gasteiger partial charge is 0.185 e. The van der Waals surface area contributed by atoms with Crippen molar-refractivity contribution < 1.29 is 4.79 Å². The first-order valence-electron chi connectivity index (χ1n) is 5.73. The molecule has 2 aromatic heterocycles. The van der Waals surface area contributed by atoms with E-state index in [1.807, 2.05) is 66.2 Å². The Kier molecular flexibility index (Phi) is 3.33. The zero-order valence-corrected chi connectivity index (χ0v) is 10.6. The highest BCUT2D eigenvalue weighted by Crippen LogP contribution is 2.20. The molecule has 3 nitrogen and oxygen atoms in total. The van der Waals surface area contributed by atoms with Gasteiger partial charge in [0.15, 0.2) is 5.78 Å². The maximum absolute atomic E-state index is 11.9. The van der Waals surface area contributed by atoms with Gasteiger partial charge in [0.05, 0.1) is 0 Å². The van der Waals surface area contributed by atoms with Crippen LogP contribution in [0.3, 0.4) is 0 Å². The third-order valence-electron chi connectivity index (χ3n) is 2.76. The zero-order valence-electron chi connectivity index (χ0n) is 10.6. The normalized spacial score (nSPS) is 11.6. The van der Waals surface area contributed by atoms with Gasteiger partial charge >= 0.3 is 0 Å². The molecule has 0 spiro atoms. The predicted octanol–water partition coefficient (Wildman–Crippen LogP) is 2.66. The number of allylic oxidation sites excluding steroid dienone is 2. The van der Waals surface area contributed by atoms with Crippen molar-refractivity contribution in [3.05, 3.63) is 60.7 Å². The molecular weight excluding hydrogens is 224 g/mol. The first-order chi connectivity index (χ1) is 8.60. The molecule has 0 radical (unpaired) electrons. The first-order valence-corrected chi connectivity index (χ1v) is 5.73. The van der Waals surface area contributed by atoms with Crippen LogP contribution in [-0.4, -0.2) is 14.9 Å². The van der Waals surface area contributed by atoms with Crippen LogP contribution in [0.25, 0.3) is 11.6 Å². The number of nitrogens with zero attached hydrogens (tertiary/aromatic N) is 2. The average molecular weight is 240 g/mol. The summed E-state index contributed by atoms with van der Waals surface area (Å²) in [5.41, 5.74) is 2.58. The van der Waals surface area contributed by atoms with Gasteiger partial charge in [-0.05, 0) is 29.8 Å². The van der Waals surface area contributed by atoms with Crippen LogP contribution in [0.2, 0.25) is 0 Å². The van der Waals surface area contributed by atoms with E-state index in [0.717, 1.165) is 11.1 Å². The van der Waals surface area contributed by atoms with Crippen LogP contribution >= 0.6 is 0 Å². The molecule has 0 bridgehead atoms. The highest BCUT2D eigenvalue weighted by atomic mass is 16.1. The molecule has 0 amide bonds. The lowest BCUT2D eigenvalue weighted by Gasteiger charge is -2.00. The van der Waals surface area contributed by atoms with Gasteiger partial charge in [0.2, 0.25) is 0 Å². The summed E-state index contributed by atoms with van der Waals surface area (Å²) in [4.78, 5) is 11.9. The Labute approximate surface area is 107 Å². The van der Waals surface area contributed by atoms with Crippen LogP contribution in [0.1, 0.15) is 11.1 Å². The van der Waals surface area contributed by atoms with E-state index in [1.54, 1.807) is 0 Å². The van der Waals surface area contributed by atoms with Gasteiger partial charge in [-0.3, -0.25) is 4.79 Å². The van der Waals surface area contributed by atoms with Crippen molar-refractivity contribution in [1.29, 1.82) is 0 Å². The lowest BCUT2D eigenvalue weighted by Crippen LogP contribution is -1.96. The van der Waals surface area contributed by atoms with Gasteiger partial charge in [-0.25, -0.2) is 0 Å². The highest BCUT2D eigenvalue weighted by molar-refractivity contribution is 6.29. The summed E-state index contributed by atoms with van der Waals surface area (Å²) in [6, 6.07) is 3.90. The topological polar surface area (TPSA) is 26.9 Å². The molecule has 0 aromatic carbocycles. The highest BCUT2D eigenvalue weighted by Gasteiger charge is 2.10. The molecule has 0 aliphatic carbocycles. The van der Waals surface area contributed by atoms with Crippen LogP contribution in [0.4, 0.5) is 0 Å². The molecule has 3 heteroatoms. The van der Waals surface area contributed by atoms with Crippen molar-refractivity contribution in [2.24, 2.45) is 14.1 Å². The van der Waals surface area contributed by atoms with Crippen molar-refractivity contribution in [2.75, 3.05) is 0 Å². The number of hydrogen-bond donors (Lipinski definition) is 0. The van der Waals surface area contributed by atoms with E-state index in [1.165, 1.54) is 6.08 Å². The van der Waals surface area contributed by atoms with Crippen LogP contribution < -0.4 is 0 Å². The summed E-state index contributed by atoms with van der Waals surface area (Å²) in [6.45, 7) is 3.56. The fraction of sp³-hybridized carbons (Fsp3) is 0.133. The standard InChI is InChI=1S/C15H16N2O/c1-4-15(18)14(13-6-8-17(3)11-13)9-12-5-7-16(2)10-12/h4-11H,1H2,2-3H3/b14-9-. The number of carbonyl (C=O) groups excluding carboxylic acids is 1. The third kappa shape index (κ3) is 2.51. The molecule has 0 saturated carbocycles. The summed E-state index contributed by atoms with van der Waals surface area (Å²) in [7, 11) is 3.89. The Morgan fingerprint density at radius 1 is 1.17 bits per heavy atom. The lowest BCUT2D eigenvalue weighted by molar-refractivity contribution is -0.109. The molecule has 0 aliphatic rings. The Balaban J connectivity index is 2.46. The van der Waals surface area contributed by atoms with Crippen LogP contribution in [0, 0.1) is 0 Å². The summed E-state index contributed by atoms with van der Waals surface area (Å²) < 4.78 is 3.87. The van der Waals surface area contributed by atoms with E-state index in [0.29, 0.717) is 5.57 Å². The van der Waals surface area contributed by atoms with Gasteiger partial charge < -0.3 is 9.13 Å². The number of carbonyl (C=O) groups is 1. The van der Waals surface area contributed by atoms with E-state index >= 15 is 0 Å². The summed E-state index contributed by atoms with van der Waals surface area (Å²) in [5, 5.41) is 0. The van der Waals surface area contributed by atoms with Crippen LogP contribution in [0.15, 0.2) is 49.6 Å². The summed E-state index contributed by atoms with van der Waals surface area (Å²) in [5.74, 6) is -0.0648. The second-order valence-corrected chi connectivity index (χ2v) is 4.30. The third-order valence-corrected chi connectivity index (χ3v) is 2.76. The minimum Gasteiger partial charge on any atom is -0.357 e. The molecular formula is C15H16N2O. The average Bonchev–Trinajstić information content (AvgIpc) is 2.94. The second kappa shape index (κ2) is 4.92. The second-order valence-electron chi connectivity index (χ2n) is 4.30. The Bertz CT molecular complexity index is 614. The van der Waals surface area contributed by atoms with E-state index in [2.05, 4.69) is 6.58 Å². The Hall–Kier alpha value is -2.29. The number of aryl methyl sites for hydroxylation is 2. The Morgan fingerprint density at radius 3 is 2.33 bits per heavy atom. The Morgan fingerprint density at radius 2 is 1.83 bits per heavy atom. The molecule has 0 unspecified atom stereocenters. The van der Waals surface area contributed by atoms with Crippen LogP contribution in [0.5, 0.6) is 0 Å². The molecule has 0 saturated heterocycles. The van der Waals surface area contributed by atoms with Crippen LogP contribution in [-0.2, 0) is 18.9 Å². The minimum atomic E-state index is -0.0648. The molecule has 18 heavy (non-hydrogen) atoms. The summed E-state index contributed by atoms with van der Waals surface area (Å²) >= 11 is 0. The van der Waals surface area contributed by atoms with E-state index in [9.17, 15) is 4.79 Å². The molecule has 2 heterocycles. The van der Waals surface area contributed by atoms with Gasteiger partial charge in [0.25, 0.3) is 0 Å². The van der Waals surface area contributed by atoms with Gasteiger partial charge in [0, 0.05) is 50.0 Å². The zero-order chi connectivity index (χ0) is 13.1. The van der Waals surface area contributed by atoms with E-state index in [-0.39, 0.29) is 5.78 Å². The number of ketones is 1. The van der Waals surface area contributed by atoms with E-state index < -0.39 is 0 Å². The van der Waals surface area contributed by atoms with E-state index in [4.69, 9.17) is 0 Å². The van der Waals surface area contributed by atoms with Gasteiger partial charge in [-0.1, -0.05) is 6.58 Å². The van der Waals surface area contributed by atoms with Gasteiger partial charge in [-0.2, -0.15) is 0 Å². The largest absolute Gasteiger partial charge is 0.357 e. The number of rotatable bonds is 4. The van der Waals surface area contributed by atoms with Gasteiger partial charge in [0.1, 0.15) is 0 Å². The van der Waals surface area contributed by atoms with Gasteiger partial charge in [-0.15, -0.1) is 0 Å². The summed E-state index contributed by atoms with van der Waals surface area (Å²) in [6.07, 6.45) is 11.0. The molecule has 0 atom stereocenters. The molecule has 0 N–H and O–H groups in total. The van der Waals surface area contributed by atoms with Crippen molar-refractivity contribution in [3.8, 4) is 0 Å². The molecule has 0 aliphatic heterocycles. The molecule has 0 fully saturated rings. The fourth-order valence-corrected chi connectivity index (χ4v) is 1.85. The maximum atomic E-state index is 11.9. The number of aromatic nitrogens is 2. The minimum absolute atomic E-state index is 0.0648. The molecule has 2 aromatic rings. The quantitative estimate of drug-likeness (QED) is 0.755. The predicted molar refractivity (Wildman–Crippen MR) is 73.9 cm³/mol. The number of hydrogen-bond acceptors (Lipinski definition) is 1. The molecule has 2 rings (SSSR count). The van der Waals surface area contributed by atoms with Crippen molar-refractivity contribution >= 4 is 17.4 Å². The van der Waals surface area contributed by atoms with Crippen molar-refractivity contribution in [2.45, 2.75) is 0 Å².